The van der Waals surface area contributed by atoms with Gasteiger partial charge in [-0.3, -0.25) is 14.4 Å². The Labute approximate surface area is 235 Å². The second-order valence-electron chi connectivity index (χ2n) is 11.9. The molecule has 3 unspecified atom stereocenters. The SMILES string of the molecule is Cc1cccc(C)c1NC(=O)C1N([C@@H](CO)CC(C)C)C(=O)[C@@H]2[C@@H](C(=O)Nc3ccccc3)[C@H]3CC(C)C12S3. The van der Waals surface area contributed by atoms with Crippen LogP contribution in [-0.2, 0) is 14.4 Å². The summed E-state index contributed by atoms with van der Waals surface area (Å²) in [6, 6.07) is 13.9. The molecule has 2 bridgehead atoms. The number of rotatable bonds is 8. The number of carbonyl (C=O) groups excluding carboxylic acids is 3. The van der Waals surface area contributed by atoms with Crippen molar-refractivity contribution >= 4 is 40.9 Å². The molecule has 8 heteroatoms. The van der Waals surface area contributed by atoms with Gasteiger partial charge in [-0.15, -0.1) is 11.8 Å². The van der Waals surface area contributed by atoms with E-state index in [4.69, 9.17) is 0 Å². The molecule has 7 atom stereocenters. The van der Waals surface area contributed by atoms with E-state index in [0.29, 0.717) is 12.1 Å². The number of fused-ring (bicyclic) bond motifs is 1. The monoisotopic (exact) mass is 549 g/mol. The Balaban J connectivity index is 1.56. The molecule has 5 rings (SSSR count). The number of likely N-dealkylation sites (tertiary alicyclic amines) is 1. The number of aryl methyl sites for hydroxylation is 2. The van der Waals surface area contributed by atoms with Gasteiger partial charge in [-0.05, 0) is 61.8 Å². The van der Waals surface area contributed by atoms with E-state index in [0.717, 1.165) is 23.2 Å². The van der Waals surface area contributed by atoms with Crippen LogP contribution in [0, 0.1) is 37.5 Å². The second-order valence-corrected chi connectivity index (χ2v) is 13.4. The molecule has 2 aromatic carbocycles. The van der Waals surface area contributed by atoms with E-state index in [1.807, 2.05) is 76.2 Å². The quantitative estimate of drug-likeness (QED) is 0.446. The molecule has 7 nitrogen and oxygen atoms in total. The maximum Gasteiger partial charge on any atom is 0.248 e. The first-order valence-electron chi connectivity index (χ1n) is 13.9. The molecule has 3 aliphatic heterocycles. The molecular formula is C31H39N3O4S. The largest absolute Gasteiger partial charge is 0.394 e. The lowest BCUT2D eigenvalue weighted by Gasteiger charge is -2.40. The molecule has 0 radical (unpaired) electrons. The van der Waals surface area contributed by atoms with Gasteiger partial charge in [-0.25, -0.2) is 0 Å². The van der Waals surface area contributed by atoms with Crippen molar-refractivity contribution in [3.63, 3.8) is 0 Å². The molecule has 3 saturated heterocycles. The minimum Gasteiger partial charge on any atom is -0.394 e. The first-order valence-corrected chi connectivity index (χ1v) is 14.8. The van der Waals surface area contributed by atoms with Crippen molar-refractivity contribution in [2.45, 2.75) is 69.5 Å². The highest BCUT2D eigenvalue weighted by Crippen LogP contribution is 2.69. The van der Waals surface area contributed by atoms with E-state index in [1.165, 1.54) is 0 Å². The number of nitrogens with one attached hydrogen (secondary N) is 2. The summed E-state index contributed by atoms with van der Waals surface area (Å²) in [5.74, 6) is -1.51. The number of aliphatic hydroxyl groups excluding tert-OH is 1. The second kappa shape index (κ2) is 10.6. The third kappa shape index (κ3) is 4.55. The molecule has 0 aromatic heterocycles. The average molecular weight is 550 g/mol. The highest BCUT2D eigenvalue weighted by molar-refractivity contribution is 8.02. The van der Waals surface area contributed by atoms with Gasteiger partial charge in [0.1, 0.15) is 6.04 Å². The van der Waals surface area contributed by atoms with Crippen LogP contribution in [0.15, 0.2) is 48.5 Å². The molecule has 3 fully saturated rings. The minimum absolute atomic E-state index is 0.0482. The summed E-state index contributed by atoms with van der Waals surface area (Å²) in [7, 11) is 0. The Bertz CT molecular complexity index is 1250. The first kappa shape index (κ1) is 27.7. The van der Waals surface area contributed by atoms with Crippen molar-refractivity contribution in [1.82, 2.24) is 4.90 Å². The van der Waals surface area contributed by atoms with Crippen molar-refractivity contribution in [2.24, 2.45) is 23.7 Å². The topological polar surface area (TPSA) is 98.7 Å². The van der Waals surface area contributed by atoms with Crippen LogP contribution in [0.5, 0.6) is 0 Å². The molecule has 39 heavy (non-hydrogen) atoms. The van der Waals surface area contributed by atoms with Crippen LogP contribution >= 0.6 is 11.8 Å². The van der Waals surface area contributed by atoms with Crippen molar-refractivity contribution in [1.29, 1.82) is 0 Å². The number of nitrogens with zero attached hydrogens (tertiary/aromatic N) is 1. The maximum absolute atomic E-state index is 14.4. The number of hydrogen-bond acceptors (Lipinski definition) is 5. The molecular weight excluding hydrogens is 510 g/mol. The van der Waals surface area contributed by atoms with Crippen molar-refractivity contribution in [2.75, 3.05) is 17.2 Å². The lowest BCUT2D eigenvalue weighted by molar-refractivity contribution is -0.141. The Morgan fingerprint density at radius 1 is 1.05 bits per heavy atom. The van der Waals surface area contributed by atoms with Gasteiger partial charge >= 0.3 is 0 Å². The number of thioether (sulfide) groups is 1. The maximum atomic E-state index is 14.4. The number of hydrogen-bond donors (Lipinski definition) is 3. The fourth-order valence-corrected chi connectivity index (χ4v) is 9.63. The van der Waals surface area contributed by atoms with Crippen LogP contribution in [0.25, 0.3) is 0 Å². The lowest BCUT2D eigenvalue weighted by atomic mass is 9.65. The molecule has 3 N–H and O–H groups in total. The molecule has 1 spiro atoms. The highest BCUT2D eigenvalue weighted by Gasteiger charge is 2.76. The summed E-state index contributed by atoms with van der Waals surface area (Å²) in [6.07, 6.45) is 1.33. The standard InChI is InChI=1S/C31H39N3O4S/c1-17(2)14-22(16-35)34-27(29(37)33-26-18(3)10-9-11-19(26)4)31-20(5)15-23(39-31)24(25(31)30(34)38)28(36)32-21-12-7-6-8-13-21/h6-13,17,20,22-25,27,35H,14-16H2,1-5H3,(H,32,36)(H,33,37)/t20?,22-,23-,24+,25+,27?,31?/m1/s1. The van der Waals surface area contributed by atoms with Crippen molar-refractivity contribution < 1.29 is 19.5 Å². The molecule has 3 heterocycles. The van der Waals surface area contributed by atoms with Crippen LogP contribution in [0.4, 0.5) is 11.4 Å². The fraction of sp³-hybridized carbons (Fsp3) is 0.516. The number of amides is 3. The number of carbonyl (C=O) groups is 3. The predicted octanol–water partition coefficient (Wildman–Crippen LogP) is 4.62. The lowest BCUT2D eigenvalue weighted by Crippen LogP contribution is -2.57. The zero-order valence-corrected chi connectivity index (χ0v) is 24.1. The van der Waals surface area contributed by atoms with E-state index >= 15 is 0 Å². The molecule has 3 aliphatic rings. The van der Waals surface area contributed by atoms with Crippen molar-refractivity contribution in [3.05, 3.63) is 59.7 Å². The van der Waals surface area contributed by atoms with Gasteiger partial charge in [0.15, 0.2) is 0 Å². The normalized spacial score (nSPS) is 30.0. The van der Waals surface area contributed by atoms with E-state index in [2.05, 4.69) is 17.6 Å². The Morgan fingerprint density at radius 3 is 2.33 bits per heavy atom. The van der Waals surface area contributed by atoms with Crippen LogP contribution < -0.4 is 10.6 Å². The van der Waals surface area contributed by atoms with E-state index < -0.39 is 28.7 Å². The summed E-state index contributed by atoms with van der Waals surface area (Å²) >= 11 is 1.65. The van der Waals surface area contributed by atoms with Gasteiger partial charge in [0, 0.05) is 16.6 Å². The van der Waals surface area contributed by atoms with Crippen molar-refractivity contribution in [3.8, 4) is 0 Å². The summed E-state index contributed by atoms with van der Waals surface area (Å²) < 4.78 is -0.745. The molecule has 0 saturated carbocycles. The van der Waals surface area contributed by atoms with Crippen LogP contribution in [0.3, 0.4) is 0 Å². The average Bonchev–Trinajstić information content (AvgIpc) is 3.49. The van der Waals surface area contributed by atoms with Gasteiger partial charge in [-0.1, -0.05) is 57.2 Å². The van der Waals surface area contributed by atoms with E-state index in [1.54, 1.807) is 16.7 Å². The number of para-hydroxylation sites is 2. The zero-order valence-electron chi connectivity index (χ0n) is 23.3. The van der Waals surface area contributed by atoms with Crippen LogP contribution in [0.2, 0.25) is 0 Å². The summed E-state index contributed by atoms with van der Waals surface area (Å²) in [6.45, 7) is 9.89. The van der Waals surface area contributed by atoms with Gasteiger partial charge in [0.05, 0.1) is 29.2 Å². The van der Waals surface area contributed by atoms with Gasteiger partial charge in [0.2, 0.25) is 17.7 Å². The summed E-state index contributed by atoms with van der Waals surface area (Å²) in [5.41, 5.74) is 3.34. The highest BCUT2D eigenvalue weighted by atomic mass is 32.2. The molecule has 208 valence electrons. The third-order valence-electron chi connectivity index (χ3n) is 8.85. The minimum atomic E-state index is -0.788. The van der Waals surface area contributed by atoms with Crippen LogP contribution in [0.1, 0.15) is 44.7 Å². The summed E-state index contributed by atoms with van der Waals surface area (Å²) in [4.78, 5) is 44.1. The molecule has 3 amide bonds. The third-order valence-corrected chi connectivity index (χ3v) is 10.9. The Hall–Kier alpha value is -2.84. The number of anilines is 2. The smallest absolute Gasteiger partial charge is 0.248 e. The summed E-state index contributed by atoms with van der Waals surface area (Å²) in [5, 5.41) is 16.6. The van der Waals surface area contributed by atoms with Gasteiger partial charge in [-0.2, -0.15) is 0 Å². The fourth-order valence-electron chi connectivity index (χ4n) is 7.22. The van der Waals surface area contributed by atoms with Crippen LogP contribution in [-0.4, -0.2) is 56.4 Å². The van der Waals surface area contributed by atoms with Gasteiger partial charge in [0.25, 0.3) is 0 Å². The molecule has 0 aliphatic carbocycles. The number of benzene rings is 2. The van der Waals surface area contributed by atoms with Gasteiger partial charge < -0.3 is 20.6 Å². The Kier molecular flexibility index (Phi) is 7.55. The molecule has 2 aromatic rings. The first-order chi connectivity index (χ1) is 18.6. The number of aliphatic hydroxyl groups is 1. The zero-order chi connectivity index (χ0) is 28.1. The van der Waals surface area contributed by atoms with E-state index in [-0.39, 0.29) is 41.4 Å². The predicted molar refractivity (Wildman–Crippen MR) is 155 cm³/mol. The van der Waals surface area contributed by atoms with E-state index in [9.17, 15) is 19.5 Å². The Morgan fingerprint density at radius 2 is 1.72 bits per heavy atom.